The molecule has 0 N–H and O–H groups in total. The molecule has 1 heterocycles. The molecule has 0 aromatic heterocycles. The van der Waals surface area contributed by atoms with Crippen molar-refractivity contribution in [1.82, 2.24) is 0 Å². The van der Waals surface area contributed by atoms with Crippen molar-refractivity contribution in [3.05, 3.63) is 11.7 Å². The average molecular weight is 375 g/mol. The minimum Gasteiger partial charge on any atom is -0.517 e. The summed E-state index contributed by atoms with van der Waals surface area (Å²) in [5.41, 5.74) is -1.15. The zero-order valence-electron chi connectivity index (χ0n) is 17.5. The third-order valence-corrected chi connectivity index (χ3v) is 3.41. The van der Waals surface area contributed by atoms with Crippen LogP contribution < -0.4 is 0 Å². The van der Waals surface area contributed by atoms with Crippen molar-refractivity contribution in [3.63, 3.8) is 0 Å². The van der Waals surface area contributed by atoms with Gasteiger partial charge in [-0.2, -0.15) is 0 Å². The van der Waals surface area contributed by atoms with Gasteiger partial charge in [-0.25, -0.2) is 4.79 Å². The predicted molar refractivity (Wildman–Crippen MR) is 98.2 cm³/mol. The van der Waals surface area contributed by atoms with Gasteiger partial charge in [-0.15, -0.1) is 0 Å². The second-order valence-electron chi connectivity index (χ2n) is 9.61. The van der Waals surface area contributed by atoms with Gasteiger partial charge in [0.05, 0.1) is 0 Å². The molecular formula is C18H34O6Si. The molecule has 0 aliphatic carbocycles. The zero-order chi connectivity index (χ0) is 19.8. The maximum atomic E-state index is 12.6. The van der Waals surface area contributed by atoms with Crippen molar-refractivity contribution in [2.45, 2.75) is 98.1 Å². The molecule has 0 aromatic rings. The molecule has 0 aromatic carbocycles. The second-order valence-corrected chi connectivity index (χ2v) is 14.0. The van der Waals surface area contributed by atoms with Gasteiger partial charge in [-0.1, -0.05) is 0 Å². The van der Waals surface area contributed by atoms with Crippen molar-refractivity contribution in [2.24, 2.45) is 0 Å². The van der Waals surface area contributed by atoms with E-state index in [1.807, 2.05) is 40.4 Å². The van der Waals surface area contributed by atoms with Crippen molar-refractivity contribution < 1.29 is 28.2 Å². The van der Waals surface area contributed by atoms with Crippen molar-refractivity contribution in [1.29, 1.82) is 0 Å². The van der Waals surface area contributed by atoms with Crippen LogP contribution in [0.25, 0.3) is 0 Å². The van der Waals surface area contributed by atoms with Crippen molar-refractivity contribution >= 4 is 14.3 Å². The Morgan fingerprint density at radius 3 is 1.88 bits per heavy atom. The molecule has 0 saturated carbocycles. The van der Waals surface area contributed by atoms with Gasteiger partial charge in [0.1, 0.15) is 11.2 Å². The number of hydrogen-bond donors (Lipinski definition) is 0. The maximum absolute atomic E-state index is 12.6. The van der Waals surface area contributed by atoms with E-state index < -0.39 is 37.4 Å². The number of esters is 1. The van der Waals surface area contributed by atoms with Gasteiger partial charge in [-0.05, 0) is 61.2 Å². The standard InChI is InChI=1S/C18H34O6Si/c1-16(2,3)22-14(19)12-13(21-18(7,8)20-12)15(23-17(4,5)6)24-25(9,10)11/h12H,1-11H3/b15-13-/t12-/m0/s1. The van der Waals surface area contributed by atoms with E-state index in [1.165, 1.54) is 0 Å². The van der Waals surface area contributed by atoms with Crippen LogP contribution in [-0.4, -0.2) is 37.4 Å². The summed E-state index contributed by atoms with van der Waals surface area (Å²) < 4.78 is 29.2. The summed E-state index contributed by atoms with van der Waals surface area (Å²) in [6, 6.07) is 0. The monoisotopic (exact) mass is 374 g/mol. The lowest BCUT2D eigenvalue weighted by Crippen LogP contribution is -2.36. The molecule has 6 nitrogen and oxygen atoms in total. The normalized spacial score (nSPS) is 22.9. The van der Waals surface area contributed by atoms with Crippen LogP contribution in [0.15, 0.2) is 11.7 Å². The maximum Gasteiger partial charge on any atom is 0.344 e. The Morgan fingerprint density at radius 1 is 1.00 bits per heavy atom. The van der Waals surface area contributed by atoms with Crippen LogP contribution in [0.2, 0.25) is 19.6 Å². The van der Waals surface area contributed by atoms with Crippen LogP contribution in [0.3, 0.4) is 0 Å². The highest BCUT2D eigenvalue weighted by Crippen LogP contribution is 2.36. The Labute approximate surface area is 152 Å². The fourth-order valence-electron chi connectivity index (χ4n) is 2.02. The highest BCUT2D eigenvalue weighted by atomic mass is 28.4. The molecule has 1 saturated heterocycles. The van der Waals surface area contributed by atoms with Gasteiger partial charge in [0.2, 0.25) is 26.0 Å². The Balaban J connectivity index is 3.32. The molecule has 1 atom stereocenters. The first-order valence-corrected chi connectivity index (χ1v) is 12.0. The van der Waals surface area contributed by atoms with E-state index in [0.717, 1.165) is 0 Å². The summed E-state index contributed by atoms with van der Waals surface area (Å²) >= 11 is 0. The molecular weight excluding hydrogens is 340 g/mol. The van der Waals surface area contributed by atoms with E-state index in [2.05, 4.69) is 0 Å². The number of carbonyl (C=O) groups excluding carboxylic acids is 1. The molecule has 0 unspecified atom stereocenters. The Hall–Kier alpha value is -1.21. The van der Waals surface area contributed by atoms with Crippen LogP contribution in [0, 0.1) is 0 Å². The topological polar surface area (TPSA) is 63.2 Å². The van der Waals surface area contributed by atoms with Gasteiger partial charge < -0.3 is 23.4 Å². The molecule has 0 amide bonds. The summed E-state index contributed by atoms with van der Waals surface area (Å²) in [6.07, 6.45) is -1.03. The van der Waals surface area contributed by atoms with Crippen molar-refractivity contribution in [2.75, 3.05) is 0 Å². The van der Waals surface area contributed by atoms with E-state index in [4.69, 9.17) is 23.4 Å². The summed E-state index contributed by atoms with van der Waals surface area (Å²) in [5.74, 6) is -1.07. The average Bonchev–Trinajstić information content (AvgIpc) is 2.58. The summed E-state index contributed by atoms with van der Waals surface area (Å²) in [7, 11) is -2.02. The Morgan fingerprint density at radius 2 is 1.48 bits per heavy atom. The third kappa shape index (κ3) is 7.69. The number of hydrogen-bond acceptors (Lipinski definition) is 6. The first-order chi connectivity index (χ1) is 10.9. The van der Waals surface area contributed by atoms with Crippen LogP contribution in [0.4, 0.5) is 0 Å². The van der Waals surface area contributed by atoms with Crippen molar-refractivity contribution in [3.8, 4) is 0 Å². The molecule has 0 bridgehead atoms. The van der Waals surface area contributed by atoms with Crippen LogP contribution >= 0.6 is 0 Å². The summed E-state index contributed by atoms with van der Waals surface area (Å²) in [6.45, 7) is 20.7. The molecule has 0 spiro atoms. The fraction of sp³-hybridized carbons (Fsp3) is 0.833. The Bertz CT molecular complexity index is 513. The molecule has 7 heteroatoms. The highest BCUT2D eigenvalue weighted by Gasteiger charge is 2.48. The SMILES string of the molecule is CC(C)(C)OC(=O)[C@H]1OC(C)(C)O/C1=C(/OC(C)(C)C)O[Si](C)(C)C. The molecule has 146 valence electrons. The highest BCUT2D eigenvalue weighted by molar-refractivity contribution is 6.70. The first kappa shape index (κ1) is 21.8. The van der Waals surface area contributed by atoms with Crippen LogP contribution in [-0.2, 0) is 28.2 Å². The van der Waals surface area contributed by atoms with E-state index in [9.17, 15) is 4.79 Å². The minimum atomic E-state index is -2.02. The lowest BCUT2D eigenvalue weighted by Gasteiger charge is -2.29. The van der Waals surface area contributed by atoms with E-state index in [0.29, 0.717) is 0 Å². The predicted octanol–water partition coefficient (Wildman–Crippen LogP) is 4.32. The van der Waals surface area contributed by atoms with E-state index in [-0.39, 0.29) is 11.7 Å². The van der Waals surface area contributed by atoms with Gasteiger partial charge >= 0.3 is 11.9 Å². The molecule has 1 rings (SSSR count). The van der Waals surface area contributed by atoms with Gasteiger partial charge in [0.25, 0.3) is 0 Å². The van der Waals surface area contributed by atoms with Gasteiger partial charge in [-0.3, -0.25) is 0 Å². The fourth-order valence-corrected chi connectivity index (χ4v) is 2.71. The quantitative estimate of drug-likeness (QED) is 0.415. The first-order valence-electron chi connectivity index (χ1n) is 8.60. The lowest BCUT2D eigenvalue weighted by molar-refractivity contribution is -0.178. The van der Waals surface area contributed by atoms with Crippen LogP contribution in [0.5, 0.6) is 0 Å². The molecule has 1 fully saturated rings. The number of ether oxygens (including phenoxy) is 4. The van der Waals surface area contributed by atoms with Gasteiger partial charge in [0, 0.05) is 13.8 Å². The van der Waals surface area contributed by atoms with E-state index >= 15 is 0 Å². The molecule has 1 aliphatic heterocycles. The van der Waals surface area contributed by atoms with Crippen LogP contribution in [0.1, 0.15) is 55.4 Å². The van der Waals surface area contributed by atoms with E-state index in [1.54, 1.807) is 34.6 Å². The molecule has 1 aliphatic rings. The smallest absolute Gasteiger partial charge is 0.344 e. The molecule has 25 heavy (non-hydrogen) atoms. The van der Waals surface area contributed by atoms with Gasteiger partial charge in [0.15, 0.2) is 0 Å². The number of carbonyl (C=O) groups is 1. The Kier molecular flexibility index (Phi) is 5.97. The lowest BCUT2D eigenvalue weighted by atomic mass is 10.2. The largest absolute Gasteiger partial charge is 0.517 e. The molecule has 0 radical (unpaired) electrons. The zero-order valence-corrected chi connectivity index (χ0v) is 18.5. The summed E-state index contributed by atoms with van der Waals surface area (Å²) in [5, 5.41) is 0. The third-order valence-electron chi connectivity index (χ3n) is 2.62. The minimum absolute atomic E-state index is 0.202. The number of rotatable bonds is 4. The second kappa shape index (κ2) is 6.83. The summed E-state index contributed by atoms with van der Waals surface area (Å²) in [4.78, 5) is 12.6.